The van der Waals surface area contributed by atoms with E-state index in [9.17, 15) is 0 Å². The molecule has 0 bridgehead atoms. The van der Waals surface area contributed by atoms with Crippen LogP contribution in [0.3, 0.4) is 0 Å². The van der Waals surface area contributed by atoms with Crippen molar-refractivity contribution < 1.29 is 4.42 Å². The second kappa shape index (κ2) is 5.14. The van der Waals surface area contributed by atoms with E-state index in [2.05, 4.69) is 25.5 Å². The number of furan rings is 1. The summed E-state index contributed by atoms with van der Waals surface area (Å²) in [5.41, 5.74) is 2.77. The van der Waals surface area contributed by atoms with Gasteiger partial charge < -0.3 is 4.42 Å². The van der Waals surface area contributed by atoms with Crippen LogP contribution < -0.4 is 0 Å². The van der Waals surface area contributed by atoms with E-state index in [-0.39, 0.29) is 0 Å². The van der Waals surface area contributed by atoms with Gasteiger partial charge in [-0.05, 0) is 18.2 Å². The van der Waals surface area contributed by atoms with Crippen molar-refractivity contribution in [1.82, 2.24) is 30.0 Å². The van der Waals surface area contributed by atoms with Gasteiger partial charge in [0.15, 0.2) is 10.8 Å². The number of hydrogen-bond donors (Lipinski definition) is 1. The second-order valence-electron chi connectivity index (χ2n) is 5.14. The van der Waals surface area contributed by atoms with Crippen LogP contribution in [0.2, 0.25) is 0 Å². The lowest BCUT2D eigenvalue weighted by atomic mass is 10.1. The molecular formula is C16H10N6OS. The van der Waals surface area contributed by atoms with Crippen LogP contribution in [0.15, 0.2) is 59.2 Å². The lowest BCUT2D eigenvalue weighted by Crippen LogP contribution is -1.89. The lowest BCUT2D eigenvalue weighted by Gasteiger charge is -1.92. The normalized spacial score (nSPS) is 11.3. The van der Waals surface area contributed by atoms with Gasteiger partial charge in [0.1, 0.15) is 0 Å². The molecule has 24 heavy (non-hydrogen) atoms. The molecule has 0 saturated carbocycles. The molecule has 0 amide bonds. The van der Waals surface area contributed by atoms with Gasteiger partial charge in [0.2, 0.25) is 10.8 Å². The zero-order valence-electron chi connectivity index (χ0n) is 12.2. The first-order chi connectivity index (χ1) is 11.9. The minimum atomic E-state index is 0.584. The molecule has 0 radical (unpaired) electrons. The van der Waals surface area contributed by atoms with Gasteiger partial charge in [0, 0.05) is 5.56 Å². The Morgan fingerprint density at radius 1 is 1.04 bits per heavy atom. The van der Waals surface area contributed by atoms with Crippen molar-refractivity contribution in [3.63, 3.8) is 0 Å². The Kier molecular flexibility index (Phi) is 2.83. The summed E-state index contributed by atoms with van der Waals surface area (Å²) in [5.74, 6) is 1.22. The first-order valence-corrected chi connectivity index (χ1v) is 8.07. The van der Waals surface area contributed by atoms with Crippen molar-refractivity contribution in [2.75, 3.05) is 0 Å². The molecule has 0 atom stereocenters. The fourth-order valence-corrected chi connectivity index (χ4v) is 3.28. The maximum atomic E-state index is 5.38. The highest BCUT2D eigenvalue weighted by Crippen LogP contribution is 2.29. The first kappa shape index (κ1) is 13.2. The molecule has 5 rings (SSSR count). The number of aromatic amines is 1. The van der Waals surface area contributed by atoms with Crippen LogP contribution in [0.1, 0.15) is 0 Å². The fraction of sp³-hybridized carbons (Fsp3) is 0. The third-order valence-corrected chi connectivity index (χ3v) is 4.54. The summed E-state index contributed by atoms with van der Waals surface area (Å²) in [6.07, 6.45) is 1.60. The largest absolute Gasteiger partial charge is 0.461 e. The van der Waals surface area contributed by atoms with Gasteiger partial charge in [-0.3, -0.25) is 5.10 Å². The van der Waals surface area contributed by atoms with Gasteiger partial charge in [-0.2, -0.15) is 14.7 Å². The number of aromatic nitrogens is 6. The molecule has 1 aromatic carbocycles. The molecule has 0 spiro atoms. The van der Waals surface area contributed by atoms with Crippen molar-refractivity contribution in [3.05, 3.63) is 54.8 Å². The summed E-state index contributed by atoms with van der Waals surface area (Å²) in [4.78, 5) is 0.701. The molecule has 0 aliphatic carbocycles. The third-order valence-electron chi connectivity index (χ3n) is 3.61. The Bertz CT molecular complexity index is 1110. The summed E-state index contributed by atoms with van der Waals surface area (Å²) in [7, 11) is 0. The lowest BCUT2D eigenvalue weighted by molar-refractivity contribution is 0.575. The summed E-state index contributed by atoms with van der Waals surface area (Å²) in [5, 5.41) is 21.1. The predicted octanol–water partition coefficient (Wildman–Crippen LogP) is 3.50. The standard InChI is InChI=1S/C16H10N6OS/c1-2-5-10(6-3-1)11-9-12(18-17-11)15-21-22-14(13-7-4-8-23-13)19-20-16(22)24-15/h1-9H,(H,17,18). The van der Waals surface area contributed by atoms with Crippen LogP contribution in [0.5, 0.6) is 0 Å². The summed E-state index contributed by atoms with van der Waals surface area (Å²) < 4.78 is 7.07. The van der Waals surface area contributed by atoms with Crippen molar-refractivity contribution in [1.29, 1.82) is 0 Å². The van der Waals surface area contributed by atoms with Crippen LogP contribution in [-0.2, 0) is 0 Å². The number of nitrogens with one attached hydrogen (secondary N) is 1. The maximum Gasteiger partial charge on any atom is 0.235 e. The van der Waals surface area contributed by atoms with Gasteiger partial charge in [-0.1, -0.05) is 41.7 Å². The number of fused-ring (bicyclic) bond motifs is 1. The van der Waals surface area contributed by atoms with E-state index >= 15 is 0 Å². The zero-order valence-corrected chi connectivity index (χ0v) is 13.1. The third kappa shape index (κ3) is 2.04. The Balaban J connectivity index is 1.57. The van der Waals surface area contributed by atoms with Crippen molar-refractivity contribution in [2.45, 2.75) is 0 Å². The molecule has 0 fully saturated rings. The molecule has 7 nitrogen and oxygen atoms in total. The Labute approximate surface area is 139 Å². The van der Waals surface area contributed by atoms with Gasteiger partial charge in [0.05, 0.1) is 17.7 Å². The number of H-pyrrole nitrogens is 1. The van der Waals surface area contributed by atoms with Crippen LogP contribution in [0.4, 0.5) is 0 Å². The molecule has 4 heterocycles. The van der Waals surface area contributed by atoms with E-state index in [1.54, 1.807) is 10.8 Å². The molecule has 0 saturated heterocycles. The average Bonchev–Trinajstić information content (AvgIpc) is 3.37. The van der Waals surface area contributed by atoms with Crippen molar-refractivity contribution in [3.8, 4) is 33.5 Å². The average molecular weight is 334 g/mol. The number of nitrogens with zero attached hydrogens (tertiary/aromatic N) is 5. The summed E-state index contributed by atoms with van der Waals surface area (Å²) in [6.45, 7) is 0. The molecule has 1 N–H and O–H groups in total. The van der Waals surface area contributed by atoms with E-state index in [0.29, 0.717) is 16.5 Å². The predicted molar refractivity (Wildman–Crippen MR) is 89.4 cm³/mol. The second-order valence-corrected chi connectivity index (χ2v) is 6.09. The van der Waals surface area contributed by atoms with Gasteiger partial charge in [-0.15, -0.1) is 10.2 Å². The summed E-state index contributed by atoms with van der Waals surface area (Å²) >= 11 is 1.44. The highest BCUT2D eigenvalue weighted by atomic mass is 32.1. The van der Waals surface area contributed by atoms with Crippen LogP contribution in [-0.4, -0.2) is 30.0 Å². The smallest absolute Gasteiger partial charge is 0.235 e. The highest BCUT2D eigenvalue weighted by molar-refractivity contribution is 7.19. The fourth-order valence-electron chi connectivity index (χ4n) is 2.47. The monoisotopic (exact) mass is 334 g/mol. The SMILES string of the molecule is c1ccc(-c2cc(-c3nn4c(-c5ccco5)nnc4s3)[nH]n2)cc1. The Hall–Kier alpha value is -3.26. The Morgan fingerprint density at radius 3 is 2.79 bits per heavy atom. The highest BCUT2D eigenvalue weighted by Gasteiger charge is 2.17. The number of hydrogen-bond acceptors (Lipinski definition) is 6. The topological polar surface area (TPSA) is 84.9 Å². The van der Waals surface area contributed by atoms with Gasteiger partial charge in [0.25, 0.3) is 0 Å². The first-order valence-electron chi connectivity index (χ1n) is 7.26. The number of benzene rings is 1. The van der Waals surface area contributed by atoms with E-state index < -0.39 is 0 Å². The molecule has 5 aromatic rings. The van der Waals surface area contributed by atoms with Gasteiger partial charge >= 0.3 is 0 Å². The molecule has 4 aromatic heterocycles. The van der Waals surface area contributed by atoms with E-state index in [0.717, 1.165) is 22.0 Å². The van der Waals surface area contributed by atoms with Gasteiger partial charge in [-0.25, -0.2) is 0 Å². The van der Waals surface area contributed by atoms with Crippen molar-refractivity contribution in [2.24, 2.45) is 0 Å². The van der Waals surface area contributed by atoms with E-state index in [1.807, 2.05) is 48.5 Å². The molecule has 0 aliphatic rings. The molecular weight excluding hydrogens is 324 g/mol. The molecule has 116 valence electrons. The van der Waals surface area contributed by atoms with E-state index in [4.69, 9.17) is 4.42 Å². The minimum absolute atomic E-state index is 0.584. The van der Waals surface area contributed by atoms with Crippen LogP contribution in [0, 0.1) is 0 Å². The molecule has 0 aliphatic heterocycles. The molecule has 8 heteroatoms. The maximum absolute atomic E-state index is 5.38. The van der Waals surface area contributed by atoms with E-state index in [1.165, 1.54) is 11.3 Å². The van der Waals surface area contributed by atoms with Crippen molar-refractivity contribution >= 4 is 16.3 Å². The molecule has 0 unspecified atom stereocenters. The Morgan fingerprint density at radius 2 is 1.96 bits per heavy atom. The summed E-state index contributed by atoms with van der Waals surface area (Å²) in [6, 6.07) is 15.6. The van der Waals surface area contributed by atoms with Crippen LogP contribution in [0.25, 0.3) is 38.5 Å². The number of rotatable bonds is 3. The minimum Gasteiger partial charge on any atom is -0.461 e. The quantitative estimate of drug-likeness (QED) is 0.546. The van der Waals surface area contributed by atoms with Crippen LogP contribution >= 0.6 is 11.3 Å². The zero-order chi connectivity index (χ0) is 15.9.